The van der Waals surface area contributed by atoms with Crippen molar-refractivity contribution in [1.29, 1.82) is 0 Å². The monoisotopic (exact) mass is 464 g/mol. The van der Waals surface area contributed by atoms with Gasteiger partial charge in [0, 0.05) is 12.0 Å². The van der Waals surface area contributed by atoms with Crippen LogP contribution >= 0.6 is 11.8 Å². The number of ether oxygens (including phenoxy) is 1. The first kappa shape index (κ1) is 35.3. The third kappa shape index (κ3) is 14.7. The standard InChI is InChI=1S/C11H22O.C8H10O.C7H8S.3CH4/c1-11(2,3)9-5-7-10(12-4)8-6-9;1-7(9)8-5-3-2-4-6-8;1-8-7-5-3-2-4-6-7;;;/h9-10H,5-8H2,1-4H3;2-7,9H,1H3;2-6H,1H3;3*1H4. The molecule has 2 aromatic carbocycles. The third-order valence-corrected chi connectivity index (χ3v) is 6.24. The third-order valence-electron chi connectivity index (χ3n) is 5.49. The number of aliphatic hydroxyl groups excluding tert-OH is 1. The second kappa shape index (κ2) is 19.2. The van der Waals surface area contributed by atoms with Crippen molar-refractivity contribution in [3.8, 4) is 0 Å². The van der Waals surface area contributed by atoms with Gasteiger partial charge in [-0.2, -0.15) is 0 Å². The number of hydrogen-bond donors (Lipinski definition) is 1. The normalized spacial score (nSPS) is 18.0. The van der Waals surface area contributed by atoms with Crippen molar-refractivity contribution in [2.24, 2.45) is 11.3 Å². The highest BCUT2D eigenvalue weighted by atomic mass is 32.2. The molecule has 1 fully saturated rings. The Balaban J connectivity index is -0.000000384. The molecule has 1 N–H and O–H groups in total. The molecule has 0 saturated heterocycles. The largest absolute Gasteiger partial charge is 0.389 e. The summed E-state index contributed by atoms with van der Waals surface area (Å²) in [5, 5.41) is 9.02. The van der Waals surface area contributed by atoms with Crippen LogP contribution in [0.1, 0.15) is 87.3 Å². The fraction of sp³-hybridized carbons (Fsp3) is 0.586. The Hall–Kier alpha value is -1.29. The first-order valence-electron chi connectivity index (χ1n) is 10.6. The van der Waals surface area contributed by atoms with Gasteiger partial charge in [0.25, 0.3) is 0 Å². The summed E-state index contributed by atoms with van der Waals surface area (Å²) in [6.07, 6.45) is 7.51. The van der Waals surface area contributed by atoms with Gasteiger partial charge in [-0.05, 0) is 67.9 Å². The van der Waals surface area contributed by atoms with E-state index in [1.807, 2.05) is 55.6 Å². The van der Waals surface area contributed by atoms with Crippen LogP contribution in [0.4, 0.5) is 0 Å². The van der Waals surface area contributed by atoms with Gasteiger partial charge in [-0.1, -0.05) is 91.6 Å². The summed E-state index contributed by atoms with van der Waals surface area (Å²) >= 11 is 1.77. The van der Waals surface area contributed by atoms with Gasteiger partial charge in [0.05, 0.1) is 12.2 Å². The van der Waals surface area contributed by atoms with Gasteiger partial charge in [0.2, 0.25) is 0 Å². The molecule has 2 aromatic rings. The van der Waals surface area contributed by atoms with Crippen LogP contribution in [0.15, 0.2) is 65.6 Å². The molecule has 0 amide bonds. The minimum Gasteiger partial charge on any atom is -0.389 e. The molecule has 1 unspecified atom stereocenters. The molecule has 1 atom stereocenters. The molecule has 0 bridgehead atoms. The van der Waals surface area contributed by atoms with Crippen molar-refractivity contribution in [2.75, 3.05) is 13.4 Å². The Bertz CT molecular complexity index is 627. The van der Waals surface area contributed by atoms with Crippen LogP contribution in [0.2, 0.25) is 0 Å². The maximum Gasteiger partial charge on any atom is 0.0761 e. The van der Waals surface area contributed by atoms with E-state index in [0.29, 0.717) is 11.5 Å². The zero-order valence-electron chi connectivity index (χ0n) is 19.1. The fourth-order valence-electron chi connectivity index (χ4n) is 3.45. The van der Waals surface area contributed by atoms with Crippen LogP contribution < -0.4 is 0 Å². The molecule has 0 aromatic heterocycles. The zero-order valence-corrected chi connectivity index (χ0v) is 19.9. The number of aliphatic hydroxyl groups is 1. The quantitative estimate of drug-likeness (QED) is 0.459. The lowest BCUT2D eigenvalue weighted by Gasteiger charge is -2.36. The Kier molecular flexibility index (Phi) is 21.2. The molecule has 186 valence electrons. The van der Waals surface area contributed by atoms with Gasteiger partial charge in [0.1, 0.15) is 0 Å². The van der Waals surface area contributed by atoms with E-state index in [1.165, 1.54) is 30.6 Å². The van der Waals surface area contributed by atoms with Gasteiger partial charge >= 0.3 is 0 Å². The van der Waals surface area contributed by atoms with Crippen LogP contribution in [-0.4, -0.2) is 24.6 Å². The summed E-state index contributed by atoms with van der Waals surface area (Å²) in [6.45, 7) is 8.82. The van der Waals surface area contributed by atoms with Crippen molar-refractivity contribution in [3.05, 3.63) is 66.2 Å². The second-order valence-corrected chi connectivity index (χ2v) is 9.56. The van der Waals surface area contributed by atoms with Crippen molar-refractivity contribution < 1.29 is 9.84 Å². The lowest BCUT2D eigenvalue weighted by Crippen LogP contribution is -2.28. The number of methoxy groups -OCH3 is 1. The van der Waals surface area contributed by atoms with E-state index in [2.05, 4.69) is 39.2 Å². The number of benzene rings is 2. The number of thioether (sulfide) groups is 1. The number of rotatable bonds is 3. The molecule has 3 rings (SSSR count). The van der Waals surface area contributed by atoms with Crippen LogP contribution in [0.3, 0.4) is 0 Å². The minimum atomic E-state index is -0.341. The summed E-state index contributed by atoms with van der Waals surface area (Å²) in [7, 11) is 1.84. The highest BCUT2D eigenvalue weighted by molar-refractivity contribution is 7.98. The number of hydrogen-bond acceptors (Lipinski definition) is 3. The van der Waals surface area contributed by atoms with Crippen LogP contribution in [0.5, 0.6) is 0 Å². The first-order valence-corrected chi connectivity index (χ1v) is 11.8. The molecule has 1 saturated carbocycles. The van der Waals surface area contributed by atoms with Crippen LogP contribution in [0.25, 0.3) is 0 Å². The molecule has 0 radical (unpaired) electrons. The summed E-state index contributed by atoms with van der Waals surface area (Å²) in [6, 6.07) is 19.9. The maximum absolute atomic E-state index is 9.02. The van der Waals surface area contributed by atoms with Gasteiger partial charge in [-0.3, -0.25) is 0 Å². The Morgan fingerprint density at radius 3 is 1.56 bits per heavy atom. The lowest BCUT2D eigenvalue weighted by molar-refractivity contribution is 0.0353. The van der Waals surface area contributed by atoms with Crippen molar-refractivity contribution in [3.63, 3.8) is 0 Å². The molecular formula is C29H52O2S. The van der Waals surface area contributed by atoms with E-state index < -0.39 is 0 Å². The lowest BCUT2D eigenvalue weighted by atomic mass is 9.72. The molecular weight excluding hydrogens is 412 g/mol. The minimum absolute atomic E-state index is 0. The van der Waals surface area contributed by atoms with Crippen molar-refractivity contribution in [1.82, 2.24) is 0 Å². The SMILES string of the molecule is C.C.C.CC(O)c1ccccc1.COC1CCC(C(C)(C)C)CC1.CSc1ccccc1. The summed E-state index contributed by atoms with van der Waals surface area (Å²) in [5.41, 5.74) is 1.47. The molecule has 2 nitrogen and oxygen atoms in total. The molecule has 32 heavy (non-hydrogen) atoms. The van der Waals surface area contributed by atoms with Gasteiger partial charge in [-0.15, -0.1) is 11.8 Å². The predicted molar refractivity (Wildman–Crippen MR) is 148 cm³/mol. The topological polar surface area (TPSA) is 29.5 Å². The predicted octanol–water partition coefficient (Wildman–Crippen LogP) is 9.29. The molecule has 1 aliphatic carbocycles. The summed E-state index contributed by atoms with van der Waals surface area (Å²) < 4.78 is 5.35. The van der Waals surface area contributed by atoms with E-state index in [1.54, 1.807) is 18.7 Å². The van der Waals surface area contributed by atoms with Crippen molar-refractivity contribution in [2.45, 2.75) is 92.8 Å². The highest BCUT2D eigenvalue weighted by Gasteiger charge is 2.29. The molecule has 0 aliphatic heterocycles. The van der Waals surface area contributed by atoms with E-state index in [4.69, 9.17) is 9.84 Å². The van der Waals surface area contributed by atoms with Crippen molar-refractivity contribution >= 4 is 11.8 Å². The van der Waals surface area contributed by atoms with Gasteiger partial charge < -0.3 is 9.84 Å². The van der Waals surface area contributed by atoms with E-state index >= 15 is 0 Å². The molecule has 0 spiro atoms. The fourth-order valence-corrected chi connectivity index (χ4v) is 3.88. The maximum atomic E-state index is 9.02. The van der Waals surface area contributed by atoms with Crippen LogP contribution in [-0.2, 0) is 4.74 Å². The smallest absolute Gasteiger partial charge is 0.0761 e. The van der Waals surface area contributed by atoms with Crippen LogP contribution in [0, 0.1) is 11.3 Å². The highest BCUT2D eigenvalue weighted by Crippen LogP contribution is 2.38. The van der Waals surface area contributed by atoms with E-state index in [9.17, 15) is 0 Å². The Morgan fingerprint density at radius 2 is 1.28 bits per heavy atom. The van der Waals surface area contributed by atoms with E-state index in [-0.39, 0.29) is 28.4 Å². The first-order chi connectivity index (χ1) is 13.8. The summed E-state index contributed by atoms with van der Waals surface area (Å²) in [4.78, 5) is 1.33. The Morgan fingerprint density at radius 1 is 0.844 bits per heavy atom. The average molecular weight is 465 g/mol. The molecule has 0 heterocycles. The summed E-state index contributed by atoms with van der Waals surface area (Å²) in [5.74, 6) is 0.906. The zero-order chi connectivity index (χ0) is 21.7. The Labute approximate surface area is 205 Å². The molecule has 3 heteroatoms. The second-order valence-electron chi connectivity index (χ2n) is 8.68. The van der Waals surface area contributed by atoms with Gasteiger partial charge in [0.15, 0.2) is 0 Å². The van der Waals surface area contributed by atoms with Gasteiger partial charge in [-0.25, -0.2) is 0 Å². The molecule has 1 aliphatic rings. The average Bonchev–Trinajstić information content (AvgIpc) is 2.75. The van der Waals surface area contributed by atoms with E-state index in [0.717, 1.165) is 11.5 Å².